The van der Waals surface area contributed by atoms with Gasteiger partial charge >= 0.3 is 5.97 Å². The van der Waals surface area contributed by atoms with Crippen molar-refractivity contribution >= 4 is 23.5 Å². The van der Waals surface area contributed by atoms with Gasteiger partial charge in [-0.15, -0.1) is 0 Å². The third-order valence-corrected chi connectivity index (χ3v) is 4.46. The highest BCUT2D eigenvalue weighted by molar-refractivity contribution is 6.39. The molecule has 2 aliphatic heterocycles. The molecule has 0 saturated carbocycles. The average molecular weight is 343 g/mol. The standard InChI is InChI=1S/C18H21N3O4/c1-20-16(22)10-9-14(19-20)17(23)21-11-5-8-15(21)18(24)25-12-13-6-3-2-4-7-13/h2-4,6-7,15H,5,8-12H2,1H3. The highest BCUT2D eigenvalue weighted by Gasteiger charge is 2.38. The predicted molar refractivity (Wildman–Crippen MR) is 90.4 cm³/mol. The Kier molecular flexibility index (Phi) is 5.11. The normalized spacial score (nSPS) is 20.4. The summed E-state index contributed by atoms with van der Waals surface area (Å²) in [7, 11) is 1.53. The summed E-state index contributed by atoms with van der Waals surface area (Å²) in [5.74, 6) is -0.786. The second-order valence-corrected chi connectivity index (χ2v) is 6.21. The zero-order valence-electron chi connectivity index (χ0n) is 14.2. The van der Waals surface area contributed by atoms with Crippen molar-refractivity contribution in [3.8, 4) is 0 Å². The SMILES string of the molecule is CN1N=C(C(=O)N2CCCC2C(=O)OCc2ccccc2)CCC1=O. The lowest BCUT2D eigenvalue weighted by Crippen LogP contribution is -2.46. The van der Waals surface area contributed by atoms with Crippen LogP contribution >= 0.6 is 0 Å². The Morgan fingerprint density at radius 2 is 2.00 bits per heavy atom. The number of benzene rings is 1. The fourth-order valence-electron chi connectivity index (χ4n) is 3.07. The summed E-state index contributed by atoms with van der Waals surface area (Å²) in [5, 5.41) is 5.24. The van der Waals surface area contributed by atoms with Gasteiger partial charge in [-0.3, -0.25) is 9.59 Å². The van der Waals surface area contributed by atoms with Crippen LogP contribution in [0.2, 0.25) is 0 Å². The summed E-state index contributed by atoms with van der Waals surface area (Å²) in [6.07, 6.45) is 1.91. The van der Waals surface area contributed by atoms with Gasteiger partial charge in [-0.05, 0) is 18.4 Å². The molecule has 7 nitrogen and oxygen atoms in total. The van der Waals surface area contributed by atoms with Crippen molar-refractivity contribution in [1.29, 1.82) is 0 Å². The lowest BCUT2D eigenvalue weighted by atomic mass is 10.1. The largest absolute Gasteiger partial charge is 0.459 e. The van der Waals surface area contributed by atoms with Crippen molar-refractivity contribution in [2.24, 2.45) is 5.10 Å². The number of hydrogen-bond acceptors (Lipinski definition) is 5. The fourth-order valence-corrected chi connectivity index (χ4v) is 3.07. The van der Waals surface area contributed by atoms with Crippen LogP contribution in [0.25, 0.3) is 0 Å². The van der Waals surface area contributed by atoms with Gasteiger partial charge in [-0.1, -0.05) is 30.3 Å². The van der Waals surface area contributed by atoms with E-state index < -0.39 is 12.0 Å². The lowest BCUT2D eigenvalue weighted by Gasteiger charge is -2.26. The summed E-state index contributed by atoms with van der Waals surface area (Å²) < 4.78 is 5.38. The number of nitrogens with zero attached hydrogens (tertiary/aromatic N) is 3. The Morgan fingerprint density at radius 3 is 2.72 bits per heavy atom. The zero-order chi connectivity index (χ0) is 17.8. The average Bonchev–Trinajstić information content (AvgIpc) is 3.12. The molecule has 3 rings (SSSR count). The van der Waals surface area contributed by atoms with E-state index in [2.05, 4.69) is 5.10 Å². The molecular weight excluding hydrogens is 322 g/mol. The third kappa shape index (κ3) is 3.87. The highest BCUT2D eigenvalue weighted by atomic mass is 16.5. The topological polar surface area (TPSA) is 79.3 Å². The number of carbonyl (C=O) groups is 3. The molecule has 1 aromatic carbocycles. The summed E-state index contributed by atoms with van der Waals surface area (Å²) in [4.78, 5) is 38.1. The van der Waals surface area contributed by atoms with Crippen LogP contribution in [-0.2, 0) is 25.7 Å². The number of carbonyl (C=O) groups excluding carboxylic acids is 3. The molecule has 7 heteroatoms. The van der Waals surface area contributed by atoms with E-state index in [1.165, 1.54) is 17.0 Å². The van der Waals surface area contributed by atoms with Crippen LogP contribution in [0.1, 0.15) is 31.2 Å². The van der Waals surface area contributed by atoms with Gasteiger partial charge in [0.25, 0.3) is 5.91 Å². The van der Waals surface area contributed by atoms with Crippen molar-refractivity contribution in [3.05, 3.63) is 35.9 Å². The molecule has 1 aromatic rings. The number of ether oxygens (including phenoxy) is 1. The molecule has 0 aromatic heterocycles. The molecule has 1 saturated heterocycles. The quantitative estimate of drug-likeness (QED) is 0.773. The van der Waals surface area contributed by atoms with Gasteiger partial charge in [0.15, 0.2) is 0 Å². The van der Waals surface area contributed by atoms with Crippen molar-refractivity contribution in [3.63, 3.8) is 0 Å². The van der Waals surface area contributed by atoms with Crippen LogP contribution in [0.3, 0.4) is 0 Å². The molecule has 0 aliphatic carbocycles. The number of amides is 2. The fraction of sp³-hybridized carbons (Fsp3) is 0.444. The third-order valence-electron chi connectivity index (χ3n) is 4.46. The molecule has 132 valence electrons. The van der Waals surface area contributed by atoms with Crippen molar-refractivity contribution in [1.82, 2.24) is 9.91 Å². The van der Waals surface area contributed by atoms with E-state index in [-0.39, 0.29) is 24.8 Å². The Labute approximate surface area is 146 Å². The molecule has 0 N–H and O–H groups in total. The molecule has 2 heterocycles. The first kappa shape index (κ1) is 17.1. The molecule has 1 unspecified atom stereocenters. The summed E-state index contributed by atoms with van der Waals surface area (Å²) >= 11 is 0. The highest BCUT2D eigenvalue weighted by Crippen LogP contribution is 2.21. The zero-order valence-corrected chi connectivity index (χ0v) is 14.2. The van der Waals surface area contributed by atoms with Crippen LogP contribution in [-0.4, -0.2) is 53.0 Å². The van der Waals surface area contributed by atoms with E-state index in [1.54, 1.807) is 0 Å². The van der Waals surface area contributed by atoms with E-state index in [1.807, 2.05) is 30.3 Å². The van der Waals surface area contributed by atoms with Gasteiger partial charge < -0.3 is 9.64 Å². The van der Waals surface area contributed by atoms with E-state index >= 15 is 0 Å². The number of hydrogen-bond donors (Lipinski definition) is 0. The molecule has 2 aliphatic rings. The maximum atomic E-state index is 12.7. The first-order chi connectivity index (χ1) is 12.1. The van der Waals surface area contributed by atoms with E-state index in [0.29, 0.717) is 25.1 Å². The number of esters is 1. The molecular formula is C18H21N3O4. The van der Waals surface area contributed by atoms with Gasteiger partial charge in [0.1, 0.15) is 18.4 Å². The molecule has 25 heavy (non-hydrogen) atoms. The minimum atomic E-state index is -0.582. The summed E-state index contributed by atoms with van der Waals surface area (Å²) in [6, 6.07) is 8.85. The number of rotatable bonds is 4. The van der Waals surface area contributed by atoms with Gasteiger partial charge in [-0.2, -0.15) is 5.10 Å². The molecule has 1 atom stereocenters. The monoisotopic (exact) mass is 343 g/mol. The maximum Gasteiger partial charge on any atom is 0.329 e. The lowest BCUT2D eigenvalue weighted by molar-refractivity contribution is -0.153. The number of hydrazone groups is 1. The van der Waals surface area contributed by atoms with Crippen LogP contribution in [0.4, 0.5) is 0 Å². The van der Waals surface area contributed by atoms with Crippen LogP contribution in [0.15, 0.2) is 35.4 Å². The number of likely N-dealkylation sites (tertiary alicyclic amines) is 1. The minimum Gasteiger partial charge on any atom is -0.459 e. The Bertz CT molecular complexity index is 702. The molecule has 0 bridgehead atoms. The van der Waals surface area contributed by atoms with Crippen molar-refractivity contribution in [2.75, 3.05) is 13.6 Å². The second-order valence-electron chi connectivity index (χ2n) is 6.21. The van der Waals surface area contributed by atoms with E-state index in [0.717, 1.165) is 12.0 Å². The Hall–Kier alpha value is -2.70. The van der Waals surface area contributed by atoms with Crippen LogP contribution < -0.4 is 0 Å². The van der Waals surface area contributed by atoms with E-state index in [4.69, 9.17) is 4.74 Å². The maximum absolute atomic E-state index is 12.7. The Balaban J connectivity index is 1.63. The Morgan fingerprint density at radius 1 is 1.24 bits per heavy atom. The smallest absolute Gasteiger partial charge is 0.329 e. The van der Waals surface area contributed by atoms with Crippen molar-refractivity contribution in [2.45, 2.75) is 38.3 Å². The van der Waals surface area contributed by atoms with Crippen LogP contribution in [0.5, 0.6) is 0 Å². The molecule has 0 radical (unpaired) electrons. The first-order valence-corrected chi connectivity index (χ1v) is 8.42. The summed E-state index contributed by atoms with van der Waals surface area (Å²) in [5.41, 5.74) is 1.23. The van der Waals surface area contributed by atoms with Gasteiger partial charge in [-0.25, -0.2) is 9.80 Å². The summed E-state index contributed by atoms with van der Waals surface area (Å²) in [6.45, 7) is 0.691. The molecule has 2 amide bonds. The first-order valence-electron chi connectivity index (χ1n) is 8.42. The predicted octanol–water partition coefficient (Wildman–Crippen LogP) is 1.33. The van der Waals surface area contributed by atoms with E-state index in [9.17, 15) is 14.4 Å². The minimum absolute atomic E-state index is 0.114. The van der Waals surface area contributed by atoms with Gasteiger partial charge in [0.2, 0.25) is 5.91 Å². The van der Waals surface area contributed by atoms with Crippen LogP contribution in [0, 0.1) is 0 Å². The molecule has 1 fully saturated rings. The van der Waals surface area contributed by atoms with Gasteiger partial charge in [0, 0.05) is 26.4 Å². The molecule has 0 spiro atoms. The second kappa shape index (κ2) is 7.46. The van der Waals surface area contributed by atoms with Gasteiger partial charge in [0.05, 0.1) is 0 Å². The van der Waals surface area contributed by atoms with Crippen molar-refractivity contribution < 1.29 is 19.1 Å².